The van der Waals surface area contributed by atoms with Gasteiger partial charge in [0.15, 0.2) is 0 Å². The molecular weight excluding hydrogens is 448 g/mol. The molecule has 2 aromatic carbocycles. The van der Waals surface area contributed by atoms with Crippen molar-refractivity contribution < 1.29 is 9.53 Å². The highest BCUT2D eigenvalue weighted by molar-refractivity contribution is 6.30. The van der Waals surface area contributed by atoms with E-state index in [4.69, 9.17) is 16.3 Å². The summed E-state index contributed by atoms with van der Waals surface area (Å²) in [5, 5.41) is 6.88. The number of carbonyl (C=O) groups is 1. The molecule has 1 aliphatic rings. The molecule has 1 fully saturated rings. The Morgan fingerprint density at radius 2 is 1.85 bits per heavy atom. The molecule has 4 rings (SSSR count). The van der Waals surface area contributed by atoms with Gasteiger partial charge in [0.2, 0.25) is 0 Å². The van der Waals surface area contributed by atoms with Gasteiger partial charge in [0.1, 0.15) is 11.6 Å². The number of anilines is 2. The van der Waals surface area contributed by atoms with Crippen LogP contribution in [0.5, 0.6) is 5.75 Å². The molecule has 1 aromatic heterocycles. The summed E-state index contributed by atoms with van der Waals surface area (Å²) in [5.41, 5.74) is 2.66. The molecule has 2 heterocycles. The zero-order valence-electron chi connectivity index (χ0n) is 19.6. The molecule has 0 spiro atoms. The Labute approximate surface area is 206 Å². The first-order valence-electron chi connectivity index (χ1n) is 11.7. The van der Waals surface area contributed by atoms with Crippen LogP contribution in [0, 0.1) is 5.92 Å². The fourth-order valence-electron chi connectivity index (χ4n) is 4.48. The van der Waals surface area contributed by atoms with Crippen LogP contribution in [0.3, 0.4) is 0 Å². The maximum atomic E-state index is 12.8. The molecule has 1 unspecified atom stereocenters. The van der Waals surface area contributed by atoms with Crippen molar-refractivity contribution in [3.8, 4) is 5.75 Å². The molecular formula is C27H31ClN4O2. The predicted molar refractivity (Wildman–Crippen MR) is 138 cm³/mol. The van der Waals surface area contributed by atoms with E-state index in [1.165, 1.54) is 11.8 Å². The van der Waals surface area contributed by atoms with Crippen LogP contribution in [0.1, 0.15) is 41.7 Å². The normalized spacial score (nSPS) is 15.5. The number of nitrogens with zero attached hydrogens (tertiary/aromatic N) is 2. The number of piperidine rings is 1. The third-order valence-electron chi connectivity index (χ3n) is 6.51. The summed E-state index contributed by atoms with van der Waals surface area (Å²) >= 11 is 5.88. The van der Waals surface area contributed by atoms with Gasteiger partial charge in [-0.25, -0.2) is 4.98 Å². The lowest BCUT2D eigenvalue weighted by Gasteiger charge is -2.36. The molecule has 178 valence electrons. The molecule has 0 bridgehead atoms. The molecule has 7 heteroatoms. The Balaban J connectivity index is 1.32. The molecule has 0 saturated carbocycles. The Morgan fingerprint density at radius 3 is 2.59 bits per heavy atom. The Morgan fingerprint density at radius 1 is 1.12 bits per heavy atom. The van der Waals surface area contributed by atoms with Crippen LogP contribution in [-0.2, 0) is 0 Å². The first-order valence-corrected chi connectivity index (χ1v) is 12.1. The van der Waals surface area contributed by atoms with Gasteiger partial charge in [-0.1, -0.05) is 41.9 Å². The van der Waals surface area contributed by atoms with Gasteiger partial charge in [-0.2, -0.15) is 0 Å². The van der Waals surface area contributed by atoms with Crippen LogP contribution >= 0.6 is 11.6 Å². The van der Waals surface area contributed by atoms with Gasteiger partial charge < -0.3 is 15.4 Å². The van der Waals surface area contributed by atoms with Crippen molar-refractivity contribution in [3.05, 3.63) is 83.0 Å². The molecule has 1 saturated heterocycles. The largest absolute Gasteiger partial charge is 0.496 e. The lowest BCUT2D eigenvalue weighted by atomic mass is 9.94. The lowest BCUT2D eigenvalue weighted by molar-refractivity contribution is 0.102. The Kier molecular flexibility index (Phi) is 8.03. The maximum absolute atomic E-state index is 12.8. The number of ether oxygens (including phenoxy) is 1. The number of nitrogens with one attached hydrogen (secondary N) is 2. The van der Waals surface area contributed by atoms with Gasteiger partial charge in [0.25, 0.3) is 5.91 Å². The van der Waals surface area contributed by atoms with Crippen molar-refractivity contribution in [2.45, 2.75) is 25.8 Å². The van der Waals surface area contributed by atoms with Crippen LogP contribution in [0.2, 0.25) is 5.02 Å². The summed E-state index contributed by atoms with van der Waals surface area (Å²) in [7, 11) is 1.73. The van der Waals surface area contributed by atoms with Crippen LogP contribution in [0.25, 0.3) is 0 Å². The highest BCUT2D eigenvalue weighted by atomic mass is 35.5. The average Bonchev–Trinajstić information content (AvgIpc) is 2.88. The van der Waals surface area contributed by atoms with E-state index in [0.29, 0.717) is 28.4 Å². The predicted octanol–water partition coefficient (Wildman–Crippen LogP) is 5.88. The lowest BCUT2D eigenvalue weighted by Crippen LogP contribution is -2.37. The van der Waals surface area contributed by atoms with Crippen molar-refractivity contribution in [1.82, 2.24) is 9.88 Å². The number of halogens is 1. The molecule has 6 nitrogen and oxygen atoms in total. The summed E-state index contributed by atoms with van der Waals surface area (Å²) in [6.45, 7) is 5.16. The number of benzene rings is 2. The summed E-state index contributed by atoms with van der Waals surface area (Å²) in [4.78, 5) is 19.5. The summed E-state index contributed by atoms with van der Waals surface area (Å²) in [5.74, 6) is 1.77. The van der Waals surface area contributed by atoms with Crippen molar-refractivity contribution in [1.29, 1.82) is 0 Å². The molecule has 34 heavy (non-hydrogen) atoms. The number of hydrogen-bond acceptors (Lipinski definition) is 5. The SMILES string of the molecule is COc1ccccc1C(C)N1CCC(CNc2ccccc2C(=O)Nc2ccc(Cl)cn2)CC1. The van der Waals surface area contributed by atoms with Crippen molar-refractivity contribution in [3.63, 3.8) is 0 Å². The van der Waals surface area contributed by atoms with E-state index < -0.39 is 0 Å². The smallest absolute Gasteiger partial charge is 0.258 e. The number of pyridine rings is 1. The van der Waals surface area contributed by atoms with E-state index in [1.807, 2.05) is 36.4 Å². The average molecular weight is 479 g/mol. The minimum absolute atomic E-state index is 0.196. The molecule has 1 aliphatic heterocycles. The van der Waals surface area contributed by atoms with Crippen LogP contribution in [0.4, 0.5) is 11.5 Å². The van der Waals surface area contributed by atoms with E-state index in [9.17, 15) is 4.79 Å². The van der Waals surface area contributed by atoms with Gasteiger partial charge in [0.05, 0.1) is 17.7 Å². The molecule has 3 aromatic rings. The molecule has 1 atom stereocenters. The van der Waals surface area contributed by atoms with E-state index in [0.717, 1.165) is 43.9 Å². The number of methoxy groups -OCH3 is 1. The van der Waals surface area contributed by atoms with Gasteiger partial charge in [0, 0.05) is 30.0 Å². The summed E-state index contributed by atoms with van der Waals surface area (Å²) in [6, 6.07) is 19.6. The second kappa shape index (κ2) is 11.4. The standard InChI is InChI=1S/C27H31ClN4O2/c1-19(22-7-4-6-10-25(22)34-2)32-15-13-20(14-16-32)17-29-24-9-5-3-8-23(24)27(33)31-26-12-11-21(28)18-30-26/h3-12,18-20,29H,13-17H2,1-2H3,(H,30,31,33). The number of hydrogen-bond donors (Lipinski definition) is 2. The monoisotopic (exact) mass is 478 g/mol. The Bertz CT molecular complexity index is 1100. The van der Waals surface area contributed by atoms with Gasteiger partial charge >= 0.3 is 0 Å². The topological polar surface area (TPSA) is 66.5 Å². The van der Waals surface area contributed by atoms with Crippen molar-refractivity contribution in [2.75, 3.05) is 37.4 Å². The van der Waals surface area contributed by atoms with E-state index in [2.05, 4.69) is 39.6 Å². The highest BCUT2D eigenvalue weighted by Crippen LogP contribution is 2.32. The fraction of sp³-hybridized carbons (Fsp3) is 0.333. The first kappa shape index (κ1) is 24.0. The number of para-hydroxylation sites is 2. The number of carbonyl (C=O) groups excluding carboxylic acids is 1. The van der Waals surface area contributed by atoms with Gasteiger partial charge in [-0.15, -0.1) is 0 Å². The van der Waals surface area contributed by atoms with Crippen LogP contribution in [0.15, 0.2) is 66.9 Å². The van der Waals surface area contributed by atoms with Gasteiger partial charge in [-0.05, 0) is 69.1 Å². The van der Waals surface area contributed by atoms with Gasteiger partial charge in [-0.3, -0.25) is 9.69 Å². The summed E-state index contributed by atoms with van der Waals surface area (Å²) in [6.07, 6.45) is 3.73. The van der Waals surface area contributed by atoms with Crippen LogP contribution < -0.4 is 15.4 Å². The number of amides is 1. The van der Waals surface area contributed by atoms with Crippen molar-refractivity contribution >= 4 is 29.0 Å². The minimum Gasteiger partial charge on any atom is -0.496 e. The Hall–Kier alpha value is -3.09. The zero-order chi connectivity index (χ0) is 23.9. The number of aromatic nitrogens is 1. The maximum Gasteiger partial charge on any atom is 0.258 e. The molecule has 0 aliphatic carbocycles. The molecule has 2 N–H and O–H groups in total. The first-order chi connectivity index (χ1) is 16.5. The van der Waals surface area contributed by atoms with E-state index >= 15 is 0 Å². The fourth-order valence-corrected chi connectivity index (χ4v) is 4.59. The third-order valence-corrected chi connectivity index (χ3v) is 6.73. The van der Waals surface area contributed by atoms with E-state index in [1.54, 1.807) is 19.2 Å². The van der Waals surface area contributed by atoms with E-state index in [-0.39, 0.29) is 5.91 Å². The number of rotatable bonds is 8. The van der Waals surface area contributed by atoms with Crippen molar-refractivity contribution in [2.24, 2.45) is 5.92 Å². The molecule has 0 radical (unpaired) electrons. The van der Waals surface area contributed by atoms with Crippen LogP contribution in [-0.4, -0.2) is 42.5 Å². The quantitative estimate of drug-likeness (QED) is 0.423. The molecule has 1 amide bonds. The minimum atomic E-state index is -0.196. The third kappa shape index (κ3) is 5.88. The second-order valence-corrected chi connectivity index (χ2v) is 9.08. The highest BCUT2D eigenvalue weighted by Gasteiger charge is 2.25. The zero-order valence-corrected chi connectivity index (χ0v) is 20.4. The number of likely N-dealkylation sites (tertiary alicyclic amines) is 1. The summed E-state index contributed by atoms with van der Waals surface area (Å²) < 4.78 is 5.56. The second-order valence-electron chi connectivity index (χ2n) is 8.64.